The van der Waals surface area contributed by atoms with Gasteiger partial charge < -0.3 is 10.1 Å². The van der Waals surface area contributed by atoms with Gasteiger partial charge in [0.2, 0.25) is 0 Å². The fourth-order valence-electron chi connectivity index (χ4n) is 2.01. The van der Waals surface area contributed by atoms with Gasteiger partial charge in [-0.1, -0.05) is 19.1 Å². The average Bonchev–Trinajstić information content (AvgIpc) is 2.96. The van der Waals surface area contributed by atoms with Gasteiger partial charge in [0.05, 0.1) is 12.6 Å². The van der Waals surface area contributed by atoms with Crippen molar-refractivity contribution in [2.75, 3.05) is 13.7 Å². The van der Waals surface area contributed by atoms with Crippen LogP contribution in [0, 0.1) is 0 Å². The third-order valence-corrected chi connectivity index (χ3v) is 3.85. The van der Waals surface area contributed by atoms with Crippen LogP contribution in [0.4, 0.5) is 0 Å². The molecule has 3 nitrogen and oxygen atoms in total. The van der Waals surface area contributed by atoms with Crippen LogP contribution in [0.15, 0.2) is 36.0 Å². The number of hydrogen-bond acceptors (Lipinski definition) is 4. The Bertz CT molecular complexity index is 467. The van der Waals surface area contributed by atoms with E-state index in [1.165, 1.54) is 10.4 Å². The molecular weight excluding hydrogens is 256 g/mol. The van der Waals surface area contributed by atoms with Crippen LogP contribution in [0.1, 0.15) is 29.8 Å². The molecule has 2 aromatic rings. The molecule has 1 heterocycles. The van der Waals surface area contributed by atoms with Gasteiger partial charge in [-0.25, -0.2) is 0 Å². The number of aromatic nitrogens is 1. The van der Waals surface area contributed by atoms with Gasteiger partial charge >= 0.3 is 0 Å². The van der Waals surface area contributed by atoms with Crippen molar-refractivity contribution < 1.29 is 4.74 Å². The summed E-state index contributed by atoms with van der Waals surface area (Å²) in [4.78, 5) is 5.46. The summed E-state index contributed by atoms with van der Waals surface area (Å²) in [6, 6.07) is 8.64. The Morgan fingerprint density at radius 3 is 2.68 bits per heavy atom. The van der Waals surface area contributed by atoms with Gasteiger partial charge in [-0.15, -0.1) is 11.3 Å². The predicted molar refractivity (Wildman–Crippen MR) is 79.8 cm³/mol. The van der Waals surface area contributed by atoms with Crippen LogP contribution < -0.4 is 10.1 Å². The van der Waals surface area contributed by atoms with Crippen LogP contribution in [0.2, 0.25) is 0 Å². The third-order valence-electron chi connectivity index (χ3n) is 3.05. The maximum absolute atomic E-state index is 5.21. The van der Waals surface area contributed by atoms with Crippen molar-refractivity contribution in [1.29, 1.82) is 0 Å². The fourth-order valence-corrected chi connectivity index (χ4v) is 2.65. The summed E-state index contributed by atoms with van der Waals surface area (Å²) < 4.78 is 5.21. The zero-order chi connectivity index (χ0) is 13.5. The fraction of sp³-hybridized carbons (Fsp3) is 0.400. The minimum absolute atomic E-state index is 0.339. The van der Waals surface area contributed by atoms with Gasteiger partial charge in [-0.2, -0.15) is 0 Å². The van der Waals surface area contributed by atoms with E-state index < -0.39 is 0 Å². The minimum atomic E-state index is 0.339. The first-order chi connectivity index (χ1) is 9.33. The van der Waals surface area contributed by atoms with E-state index in [2.05, 4.69) is 29.4 Å². The zero-order valence-corrected chi connectivity index (χ0v) is 12.2. The Labute approximate surface area is 118 Å². The largest absolute Gasteiger partial charge is 0.497 e. The summed E-state index contributed by atoms with van der Waals surface area (Å²) in [7, 11) is 1.69. The van der Waals surface area contributed by atoms with E-state index in [-0.39, 0.29) is 0 Å². The van der Waals surface area contributed by atoms with Crippen LogP contribution >= 0.6 is 11.3 Å². The third kappa shape index (κ3) is 4.04. The highest BCUT2D eigenvalue weighted by Gasteiger charge is 2.12. The number of methoxy groups -OCH3 is 1. The molecule has 1 N–H and O–H groups in total. The van der Waals surface area contributed by atoms with Crippen molar-refractivity contribution >= 4 is 11.3 Å². The molecule has 102 valence electrons. The number of nitrogens with one attached hydrogen (secondary N) is 1. The molecule has 0 fully saturated rings. The number of rotatable bonds is 7. The lowest BCUT2D eigenvalue weighted by molar-refractivity contribution is 0.414. The maximum Gasteiger partial charge on any atom is 0.118 e. The molecule has 0 radical (unpaired) electrons. The van der Waals surface area contributed by atoms with Crippen molar-refractivity contribution in [3.05, 3.63) is 46.4 Å². The SMILES string of the molecule is CCCNC(Cc1cncs1)c1ccc(OC)cc1. The molecule has 0 aliphatic rings. The number of nitrogens with zero attached hydrogens (tertiary/aromatic N) is 1. The summed E-state index contributed by atoms with van der Waals surface area (Å²) in [6.45, 7) is 3.21. The Morgan fingerprint density at radius 2 is 2.11 bits per heavy atom. The quantitative estimate of drug-likeness (QED) is 0.841. The van der Waals surface area contributed by atoms with Gasteiger partial charge in [0.25, 0.3) is 0 Å². The molecule has 0 bridgehead atoms. The average molecular weight is 276 g/mol. The predicted octanol–water partition coefficient (Wildman–Crippen LogP) is 3.44. The molecule has 0 spiro atoms. The van der Waals surface area contributed by atoms with E-state index in [4.69, 9.17) is 4.74 Å². The first-order valence-corrected chi connectivity index (χ1v) is 7.46. The van der Waals surface area contributed by atoms with E-state index in [9.17, 15) is 0 Å². The van der Waals surface area contributed by atoms with Crippen LogP contribution in [0.5, 0.6) is 5.75 Å². The van der Waals surface area contributed by atoms with Crippen molar-refractivity contribution in [1.82, 2.24) is 10.3 Å². The molecule has 0 aliphatic carbocycles. The van der Waals surface area contributed by atoms with Gasteiger partial charge in [-0.3, -0.25) is 4.98 Å². The van der Waals surface area contributed by atoms with Gasteiger partial charge in [0.15, 0.2) is 0 Å². The Kier molecular flexibility index (Phi) is 5.36. The van der Waals surface area contributed by atoms with Crippen molar-refractivity contribution in [2.45, 2.75) is 25.8 Å². The number of ether oxygens (including phenoxy) is 1. The second-order valence-electron chi connectivity index (χ2n) is 4.45. The zero-order valence-electron chi connectivity index (χ0n) is 11.4. The molecule has 4 heteroatoms. The summed E-state index contributed by atoms with van der Waals surface area (Å²) in [5.41, 5.74) is 3.18. The van der Waals surface area contributed by atoms with E-state index in [0.717, 1.165) is 25.1 Å². The Hall–Kier alpha value is -1.39. The molecule has 1 aromatic heterocycles. The molecule has 1 atom stereocenters. The van der Waals surface area contributed by atoms with Crippen molar-refractivity contribution in [3.8, 4) is 5.75 Å². The maximum atomic E-state index is 5.21. The lowest BCUT2D eigenvalue weighted by Gasteiger charge is -2.18. The summed E-state index contributed by atoms with van der Waals surface area (Å²) in [6.07, 6.45) is 4.07. The van der Waals surface area contributed by atoms with Crippen molar-refractivity contribution in [2.24, 2.45) is 0 Å². The molecule has 0 aliphatic heterocycles. The standard InChI is InChI=1S/C15H20N2OS/c1-3-8-17-15(9-14-10-16-11-19-14)12-4-6-13(18-2)7-5-12/h4-7,10-11,15,17H,3,8-9H2,1-2H3. The smallest absolute Gasteiger partial charge is 0.118 e. The second-order valence-corrected chi connectivity index (χ2v) is 5.42. The molecule has 1 unspecified atom stereocenters. The number of benzene rings is 1. The Morgan fingerprint density at radius 1 is 1.32 bits per heavy atom. The molecule has 0 saturated heterocycles. The summed E-state index contributed by atoms with van der Waals surface area (Å²) in [5, 5.41) is 3.60. The van der Waals surface area contributed by atoms with Crippen LogP contribution in [-0.2, 0) is 6.42 Å². The van der Waals surface area contributed by atoms with E-state index in [1.54, 1.807) is 18.4 Å². The molecule has 1 aromatic carbocycles. The van der Waals surface area contributed by atoms with Crippen LogP contribution in [-0.4, -0.2) is 18.6 Å². The van der Waals surface area contributed by atoms with E-state index in [0.29, 0.717) is 6.04 Å². The topological polar surface area (TPSA) is 34.2 Å². The van der Waals surface area contributed by atoms with Crippen molar-refractivity contribution in [3.63, 3.8) is 0 Å². The normalized spacial score (nSPS) is 12.3. The minimum Gasteiger partial charge on any atom is -0.497 e. The molecule has 19 heavy (non-hydrogen) atoms. The monoisotopic (exact) mass is 276 g/mol. The molecule has 2 rings (SSSR count). The van der Waals surface area contributed by atoms with Gasteiger partial charge in [-0.05, 0) is 30.7 Å². The summed E-state index contributed by atoms with van der Waals surface area (Å²) >= 11 is 1.71. The van der Waals surface area contributed by atoms with Crippen LogP contribution in [0.25, 0.3) is 0 Å². The van der Waals surface area contributed by atoms with Crippen LogP contribution in [0.3, 0.4) is 0 Å². The highest BCUT2D eigenvalue weighted by Crippen LogP contribution is 2.22. The number of thiazole rings is 1. The first kappa shape index (κ1) is 14.0. The molecular formula is C15H20N2OS. The van der Waals surface area contributed by atoms with E-state index in [1.807, 2.05) is 23.8 Å². The summed E-state index contributed by atoms with van der Waals surface area (Å²) in [5.74, 6) is 0.899. The highest BCUT2D eigenvalue weighted by atomic mass is 32.1. The lowest BCUT2D eigenvalue weighted by Crippen LogP contribution is -2.23. The Balaban J connectivity index is 2.10. The first-order valence-electron chi connectivity index (χ1n) is 6.58. The molecule has 0 saturated carbocycles. The van der Waals surface area contributed by atoms with E-state index >= 15 is 0 Å². The number of hydrogen-bond donors (Lipinski definition) is 1. The molecule has 0 amide bonds. The lowest BCUT2D eigenvalue weighted by atomic mass is 10.0. The van der Waals surface area contributed by atoms with Gasteiger partial charge in [0, 0.05) is 23.5 Å². The highest BCUT2D eigenvalue weighted by molar-refractivity contribution is 7.09. The van der Waals surface area contributed by atoms with Gasteiger partial charge in [0.1, 0.15) is 5.75 Å². The second kappa shape index (κ2) is 7.26.